The predicted molar refractivity (Wildman–Crippen MR) is 87.1 cm³/mol. The van der Waals surface area contributed by atoms with Crippen LogP contribution in [0.3, 0.4) is 0 Å². The lowest BCUT2D eigenvalue weighted by Gasteiger charge is -2.10. The molecule has 0 bridgehead atoms. The van der Waals surface area contributed by atoms with E-state index in [-0.39, 0.29) is 6.04 Å². The van der Waals surface area contributed by atoms with E-state index in [4.69, 9.17) is 5.73 Å². The standard InChI is InChI=1S/C15H18BrN3S/c1-8-10(3)18-15(19-11(8)4)20-12-5-6-13(9(2)17)14(16)7-12/h5-7,9H,17H2,1-4H3/t9-/m1/s1. The third-order valence-corrected chi connectivity index (χ3v) is 4.83. The van der Waals surface area contributed by atoms with E-state index in [1.807, 2.05) is 33.8 Å². The van der Waals surface area contributed by atoms with Gasteiger partial charge in [0, 0.05) is 26.8 Å². The fourth-order valence-corrected chi connectivity index (χ4v) is 3.61. The van der Waals surface area contributed by atoms with Crippen molar-refractivity contribution in [1.82, 2.24) is 9.97 Å². The van der Waals surface area contributed by atoms with E-state index in [1.54, 1.807) is 11.8 Å². The third kappa shape index (κ3) is 3.40. The van der Waals surface area contributed by atoms with Crippen LogP contribution in [0.25, 0.3) is 0 Å². The monoisotopic (exact) mass is 351 g/mol. The molecule has 0 aliphatic heterocycles. The van der Waals surface area contributed by atoms with E-state index in [9.17, 15) is 0 Å². The van der Waals surface area contributed by atoms with Gasteiger partial charge in [-0.05, 0) is 62.7 Å². The van der Waals surface area contributed by atoms with Gasteiger partial charge in [0.25, 0.3) is 0 Å². The summed E-state index contributed by atoms with van der Waals surface area (Å²) >= 11 is 5.13. The van der Waals surface area contributed by atoms with Crippen molar-refractivity contribution in [3.63, 3.8) is 0 Å². The Balaban J connectivity index is 2.29. The molecule has 0 radical (unpaired) electrons. The average Bonchev–Trinajstić information content (AvgIpc) is 2.35. The Morgan fingerprint density at radius 3 is 2.25 bits per heavy atom. The number of hydrogen-bond acceptors (Lipinski definition) is 4. The minimum Gasteiger partial charge on any atom is -0.324 e. The van der Waals surface area contributed by atoms with Gasteiger partial charge in [-0.15, -0.1) is 0 Å². The van der Waals surface area contributed by atoms with Gasteiger partial charge in [0.05, 0.1) is 0 Å². The highest BCUT2D eigenvalue weighted by Crippen LogP contribution is 2.31. The molecule has 5 heteroatoms. The molecule has 0 fully saturated rings. The number of aryl methyl sites for hydroxylation is 2. The Morgan fingerprint density at radius 1 is 1.15 bits per heavy atom. The fourth-order valence-electron chi connectivity index (χ4n) is 1.83. The van der Waals surface area contributed by atoms with Crippen LogP contribution >= 0.6 is 27.7 Å². The van der Waals surface area contributed by atoms with Gasteiger partial charge in [-0.3, -0.25) is 0 Å². The topological polar surface area (TPSA) is 51.8 Å². The second kappa shape index (κ2) is 6.24. The number of halogens is 1. The number of nitrogens with zero attached hydrogens (tertiary/aromatic N) is 2. The Morgan fingerprint density at radius 2 is 1.75 bits per heavy atom. The number of aromatic nitrogens is 2. The van der Waals surface area contributed by atoms with Crippen molar-refractivity contribution >= 4 is 27.7 Å². The maximum Gasteiger partial charge on any atom is 0.192 e. The maximum atomic E-state index is 5.91. The number of rotatable bonds is 3. The molecule has 0 aliphatic carbocycles. The summed E-state index contributed by atoms with van der Waals surface area (Å²) in [5.41, 5.74) is 10.2. The highest BCUT2D eigenvalue weighted by molar-refractivity contribution is 9.10. The average molecular weight is 352 g/mol. The van der Waals surface area contributed by atoms with Gasteiger partial charge < -0.3 is 5.73 Å². The Hall–Kier alpha value is -0.910. The van der Waals surface area contributed by atoms with E-state index in [0.29, 0.717) is 0 Å². The molecule has 0 unspecified atom stereocenters. The van der Waals surface area contributed by atoms with Gasteiger partial charge >= 0.3 is 0 Å². The summed E-state index contributed by atoms with van der Waals surface area (Å²) in [4.78, 5) is 10.2. The van der Waals surface area contributed by atoms with Crippen LogP contribution in [0, 0.1) is 20.8 Å². The molecule has 1 aromatic heterocycles. The summed E-state index contributed by atoms with van der Waals surface area (Å²) in [6.45, 7) is 8.06. The van der Waals surface area contributed by atoms with Crippen LogP contribution in [0.4, 0.5) is 0 Å². The molecule has 1 heterocycles. The summed E-state index contributed by atoms with van der Waals surface area (Å²) in [6.07, 6.45) is 0. The van der Waals surface area contributed by atoms with Crippen molar-refractivity contribution in [2.45, 2.75) is 43.8 Å². The largest absolute Gasteiger partial charge is 0.324 e. The molecule has 2 N–H and O–H groups in total. The zero-order valence-corrected chi connectivity index (χ0v) is 14.5. The zero-order chi connectivity index (χ0) is 14.9. The first-order valence-electron chi connectivity index (χ1n) is 6.43. The van der Waals surface area contributed by atoms with Crippen LogP contribution in [-0.4, -0.2) is 9.97 Å². The molecular formula is C15H18BrN3S. The van der Waals surface area contributed by atoms with Crippen molar-refractivity contribution < 1.29 is 0 Å². The Bertz CT molecular complexity index is 618. The van der Waals surface area contributed by atoms with Gasteiger partial charge in [0.2, 0.25) is 0 Å². The SMILES string of the molecule is Cc1nc(Sc2ccc([C@@H](C)N)c(Br)c2)nc(C)c1C. The molecule has 0 spiro atoms. The van der Waals surface area contributed by atoms with Gasteiger partial charge in [-0.1, -0.05) is 22.0 Å². The summed E-state index contributed by atoms with van der Waals surface area (Å²) in [5, 5.41) is 0.783. The molecule has 0 amide bonds. The van der Waals surface area contributed by atoms with E-state index >= 15 is 0 Å². The van der Waals surface area contributed by atoms with Crippen LogP contribution in [0.1, 0.15) is 35.5 Å². The van der Waals surface area contributed by atoms with E-state index in [1.165, 1.54) is 0 Å². The molecule has 0 saturated carbocycles. The lowest BCUT2D eigenvalue weighted by atomic mass is 10.1. The molecular weight excluding hydrogens is 334 g/mol. The van der Waals surface area contributed by atoms with Gasteiger partial charge in [-0.2, -0.15) is 0 Å². The second-order valence-corrected chi connectivity index (χ2v) is 6.77. The summed E-state index contributed by atoms with van der Waals surface area (Å²) in [6, 6.07) is 6.19. The van der Waals surface area contributed by atoms with E-state index in [0.717, 1.165) is 37.0 Å². The highest BCUT2D eigenvalue weighted by atomic mass is 79.9. The normalized spacial score (nSPS) is 12.5. The summed E-state index contributed by atoms with van der Waals surface area (Å²) < 4.78 is 1.03. The van der Waals surface area contributed by atoms with Crippen LogP contribution < -0.4 is 5.73 Å². The molecule has 0 aliphatic rings. The zero-order valence-electron chi connectivity index (χ0n) is 12.1. The van der Waals surface area contributed by atoms with E-state index < -0.39 is 0 Å². The summed E-state index contributed by atoms with van der Waals surface area (Å²) in [5.74, 6) is 0. The first kappa shape index (κ1) is 15.5. The van der Waals surface area contributed by atoms with Crippen molar-refractivity contribution in [3.8, 4) is 0 Å². The minimum atomic E-state index is 0.0172. The Labute approximate surface area is 132 Å². The summed E-state index contributed by atoms with van der Waals surface area (Å²) in [7, 11) is 0. The van der Waals surface area contributed by atoms with Crippen LogP contribution in [0.5, 0.6) is 0 Å². The third-order valence-electron chi connectivity index (χ3n) is 3.28. The predicted octanol–water partition coefficient (Wildman–Crippen LogP) is 4.34. The van der Waals surface area contributed by atoms with Crippen LogP contribution in [-0.2, 0) is 0 Å². The quantitative estimate of drug-likeness (QED) is 0.835. The van der Waals surface area contributed by atoms with Gasteiger partial charge in [0.15, 0.2) is 5.16 Å². The van der Waals surface area contributed by atoms with Crippen molar-refractivity contribution in [2.75, 3.05) is 0 Å². The van der Waals surface area contributed by atoms with Crippen molar-refractivity contribution in [2.24, 2.45) is 5.73 Å². The molecule has 20 heavy (non-hydrogen) atoms. The van der Waals surface area contributed by atoms with Crippen LogP contribution in [0.2, 0.25) is 0 Å². The number of benzene rings is 1. The van der Waals surface area contributed by atoms with Crippen molar-refractivity contribution in [1.29, 1.82) is 0 Å². The smallest absolute Gasteiger partial charge is 0.192 e. The Kier molecular flexibility index (Phi) is 4.83. The fraction of sp³-hybridized carbons (Fsp3) is 0.333. The molecule has 2 aromatic rings. The minimum absolute atomic E-state index is 0.0172. The molecule has 106 valence electrons. The van der Waals surface area contributed by atoms with Gasteiger partial charge in [-0.25, -0.2) is 9.97 Å². The van der Waals surface area contributed by atoms with E-state index in [2.05, 4.69) is 38.0 Å². The maximum absolute atomic E-state index is 5.91. The number of nitrogens with two attached hydrogens (primary N) is 1. The highest BCUT2D eigenvalue weighted by Gasteiger charge is 2.09. The second-order valence-electron chi connectivity index (χ2n) is 4.88. The lowest BCUT2D eigenvalue weighted by molar-refractivity contribution is 0.811. The molecule has 3 nitrogen and oxygen atoms in total. The number of hydrogen-bond donors (Lipinski definition) is 1. The first-order chi connectivity index (χ1) is 9.38. The van der Waals surface area contributed by atoms with Gasteiger partial charge in [0.1, 0.15) is 0 Å². The first-order valence-corrected chi connectivity index (χ1v) is 8.04. The molecule has 1 atom stereocenters. The van der Waals surface area contributed by atoms with Crippen molar-refractivity contribution in [3.05, 3.63) is 45.2 Å². The molecule has 2 rings (SSSR count). The lowest BCUT2D eigenvalue weighted by Crippen LogP contribution is -2.05. The molecule has 0 saturated heterocycles. The van der Waals surface area contributed by atoms with Crippen LogP contribution in [0.15, 0.2) is 32.7 Å². The molecule has 1 aromatic carbocycles.